The Balaban J connectivity index is 1.61. The molecule has 1 amide bonds. The molecule has 0 spiro atoms. The zero-order chi connectivity index (χ0) is 15.4. The Hall–Kier alpha value is -1.81. The van der Waals surface area contributed by atoms with E-state index in [1.165, 1.54) is 0 Å². The molecule has 1 aliphatic heterocycles. The first kappa shape index (κ1) is 15.1. The molecule has 3 nitrogen and oxygen atoms in total. The van der Waals surface area contributed by atoms with Crippen LogP contribution in [0.4, 0.5) is 0 Å². The van der Waals surface area contributed by atoms with Gasteiger partial charge < -0.3 is 9.64 Å². The molecule has 0 N–H and O–H groups in total. The molecule has 1 fully saturated rings. The lowest BCUT2D eigenvalue weighted by Crippen LogP contribution is -2.24. The Morgan fingerprint density at radius 1 is 1.05 bits per heavy atom. The molecule has 0 saturated carbocycles. The van der Waals surface area contributed by atoms with Crippen molar-refractivity contribution in [1.82, 2.24) is 4.90 Å². The molecule has 1 aliphatic rings. The number of carbonyl (C=O) groups is 1. The average Bonchev–Trinajstić information content (AvgIpc) is 2.90. The third kappa shape index (κ3) is 3.69. The number of amides is 1. The zero-order valence-electron chi connectivity index (χ0n) is 12.2. The van der Waals surface area contributed by atoms with Gasteiger partial charge in [0.1, 0.15) is 11.5 Å². The molecule has 0 aromatic heterocycles. The van der Waals surface area contributed by atoms with E-state index in [4.69, 9.17) is 4.74 Å². The summed E-state index contributed by atoms with van der Waals surface area (Å²) in [7, 11) is 0. The molecule has 22 heavy (non-hydrogen) atoms. The van der Waals surface area contributed by atoms with Gasteiger partial charge in [0.05, 0.1) is 0 Å². The molecule has 0 aliphatic carbocycles. The summed E-state index contributed by atoms with van der Waals surface area (Å²) in [5.74, 6) is 2.31. The predicted molar refractivity (Wildman–Crippen MR) is 90.3 cm³/mol. The van der Waals surface area contributed by atoms with Crippen molar-refractivity contribution in [3.63, 3.8) is 0 Å². The normalized spacial score (nSPS) is 17.8. The molecule has 2 aromatic carbocycles. The summed E-state index contributed by atoms with van der Waals surface area (Å²) in [5.41, 5.74) is 1.13. The molecule has 1 atom stereocenters. The number of benzene rings is 2. The quantitative estimate of drug-likeness (QED) is 0.747. The molecule has 1 heterocycles. The fraction of sp³-hybridized carbons (Fsp3) is 0.278. The monoisotopic (exact) mass is 359 g/mol. The number of nitrogens with zero attached hydrogens (tertiary/aromatic N) is 1. The lowest BCUT2D eigenvalue weighted by molar-refractivity contribution is -0.128. The van der Waals surface area contributed by atoms with Crippen LogP contribution in [0.5, 0.6) is 11.5 Å². The number of hydrogen-bond acceptors (Lipinski definition) is 2. The third-order valence-electron chi connectivity index (χ3n) is 3.79. The van der Waals surface area contributed by atoms with E-state index in [1.54, 1.807) is 0 Å². The van der Waals surface area contributed by atoms with Gasteiger partial charge in [0, 0.05) is 24.8 Å². The summed E-state index contributed by atoms with van der Waals surface area (Å²) >= 11 is 3.46. The van der Waals surface area contributed by atoms with Crippen molar-refractivity contribution < 1.29 is 9.53 Å². The average molecular weight is 360 g/mol. The number of para-hydroxylation sites is 1. The van der Waals surface area contributed by atoms with E-state index < -0.39 is 0 Å². The highest BCUT2D eigenvalue weighted by Gasteiger charge is 2.28. The van der Waals surface area contributed by atoms with E-state index in [0.717, 1.165) is 28.9 Å². The molecular formula is C18H18BrNO2. The Morgan fingerprint density at radius 3 is 2.36 bits per heavy atom. The number of alkyl halides is 1. The largest absolute Gasteiger partial charge is 0.457 e. The molecule has 1 saturated heterocycles. The second kappa shape index (κ2) is 6.97. The Labute approximate surface area is 139 Å². The van der Waals surface area contributed by atoms with E-state index in [9.17, 15) is 4.79 Å². The molecule has 2 aromatic rings. The number of halogens is 1. The zero-order valence-corrected chi connectivity index (χ0v) is 13.8. The Bertz CT molecular complexity index is 627. The van der Waals surface area contributed by atoms with Crippen LogP contribution in [0, 0.1) is 5.92 Å². The van der Waals surface area contributed by atoms with Crippen LogP contribution >= 0.6 is 15.9 Å². The van der Waals surface area contributed by atoms with Crippen molar-refractivity contribution in [1.29, 1.82) is 0 Å². The van der Waals surface area contributed by atoms with Crippen LogP contribution in [0.2, 0.25) is 0 Å². The molecule has 114 valence electrons. The van der Waals surface area contributed by atoms with Crippen LogP contribution < -0.4 is 4.74 Å². The molecule has 1 unspecified atom stereocenters. The van der Waals surface area contributed by atoms with E-state index >= 15 is 0 Å². The summed E-state index contributed by atoms with van der Waals surface area (Å²) in [6.07, 6.45) is 0.653. The van der Waals surface area contributed by atoms with Gasteiger partial charge in [0.25, 0.3) is 0 Å². The Kier molecular flexibility index (Phi) is 4.78. The van der Waals surface area contributed by atoms with Crippen LogP contribution in [-0.2, 0) is 11.3 Å². The highest BCUT2D eigenvalue weighted by Crippen LogP contribution is 2.24. The van der Waals surface area contributed by atoms with Crippen molar-refractivity contribution in [3.8, 4) is 11.5 Å². The van der Waals surface area contributed by atoms with Gasteiger partial charge >= 0.3 is 0 Å². The van der Waals surface area contributed by atoms with Gasteiger partial charge in [0.2, 0.25) is 5.91 Å². The highest BCUT2D eigenvalue weighted by molar-refractivity contribution is 9.09. The predicted octanol–water partition coefficient (Wildman–Crippen LogP) is 4.22. The lowest BCUT2D eigenvalue weighted by Gasteiger charge is -2.16. The number of ether oxygens (including phenoxy) is 1. The van der Waals surface area contributed by atoms with Crippen LogP contribution in [0.25, 0.3) is 0 Å². The van der Waals surface area contributed by atoms with Crippen LogP contribution in [0.1, 0.15) is 12.0 Å². The SMILES string of the molecule is O=C1CC(CBr)CN1Cc1ccc(Oc2ccccc2)cc1. The number of likely N-dealkylation sites (tertiary alicyclic amines) is 1. The number of rotatable bonds is 5. The maximum atomic E-state index is 11.9. The lowest BCUT2D eigenvalue weighted by atomic mass is 10.2. The van der Waals surface area contributed by atoms with E-state index in [1.807, 2.05) is 59.5 Å². The van der Waals surface area contributed by atoms with Gasteiger partial charge in [-0.1, -0.05) is 46.3 Å². The van der Waals surface area contributed by atoms with Crippen LogP contribution in [0.15, 0.2) is 54.6 Å². The van der Waals surface area contributed by atoms with Gasteiger partial charge in [-0.05, 0) is 35.7 Å². The summed E-state index contributed by atoms with van der Waals surface area (Å²) in [6.45, 7) is 1.51. The van der Waals surface area contributed by atoms with Crippen molar-refractivity contribution in [3.05, 3.63) is 60.2 Å². The fourth-order valence-corrected chi connectivity index (χ4v) is 3.05. The molecule has 0 radical (unpaired) electrons. The summed E-state index contributed by atoms with van der Waals surface area (Å²) < 4.78 is 5.77. The van der Waals surface area contributed by atoms with Gasteiger partial charge in [-0.3, -0.25) is 4.79 Å². The molecular weight excluding hydrogens is 342 g/mol. The molecule has 4 heteroatoms. The third-order valence-corrected chi connectivity index (χ3v) is 4.70. The minimum atomic E-state index is 0.245. The molecule has 0 bridgehead atoms. The van der Waals surface area contributed by atoms with E-state index in [2.05, 4.69) is 15.9 Å². The van der Waals surface area contributed by atoms with E-state index in [0.29, 0.717) is 18.9 Å². The minimum Gasteiger partial charge on any atom is -0.457 e. The first-order valence-corrected chi connectivity index (χ1v) is 8.52. The van der Waals surface area contributed by atoms with Crippen molar-refractivity contribution in [2.75, 3.05) is 11.9 Å². The maximum Gasteiger partial charge on any atom is 0.223 e. The van der Waals surface area contributed by atoms with Gasteiger partial charge in [-0.15, -0.1) is 0 Å². The standard InChI is InChI=1S/C18H18BrNO2/c19-11-15-10-18(21)20(13-15)12-14-6-8-17(9-7-14)22-16-4-2-1-3-5-16/h1-9,15H,10-13H2. The number of hydrogen-bond donors (Lipinski definition) is 0. The Morgan fingerprint density at radius 2 is 1.73 bits per heavy atom. The van der Waals surface area contributed by atoms with Crippen molar-refractivity contribution in [2.45, 2.75) is 13.0 Å². The van der Waals surface area contributed by atoms with Crippen molar-refractivity contribution >= 4 is 21.8 Å². The topological polar surface area (TPSA) is 29.5 Å². The van der Waals surface area contributed by atoms with Gasteiger partial charge in [-0.2, -0.15) is 0 Å². The summed E-state index contributed by atoms with van der Waals surface area (Å²) in [6, 6.07) is 17.7. The smallest absolute Gasteiger partial charge is 0.223 e. The summed E-state index contributed by atoms with van der Waals surface area (Å²) in [4.78, 5) is 13.9. The first-order valence-electron chi connectivity index (χ1n) is 7.40. The summed E-state index contributed by atoms with van der Waals surface area (Å²) in [5, 5.41) is 0.888. The van der Waals surface area contributed by atoms with Crippen LogP contribution in [0.3, 0.4) is 0 Å². The molecule has 3 rings (SSSR count). The van der Waals surface area contributed by atoms with Gasteiger partial charge in [0.15, 0.2) is 0 Å². The van der Waals surface area contributed by atoms with Crippen LogP contribution in [-0.4, -0.2) is 22.7 Å². The second-order valence-corrected chi connectivity index (χ2v) is 6.21. The van der Waals surface area contributed by atoms with E-state index in [-0.39, 0.29) is 5.91 Å². The highest BCUT2D eigenvalue weighted by atomic mass is 79.9. The first-order chi connectivity index (χ1) is 10.7. The maximum absolute atomic E-state index is 11.9. The van der Waals surface area contributed by atoms with Crippen molar-refractivity contribution in [2.24, 2.45) is 5.92 Å². The van der Waals surface area contributed by atoms with Gasteiger partial charge in [-0.25, -0.2) is 0 Å². The fourth-order valence-electron chi connectivity index (χ4n) is 2.62. The minimum absolute atomic E-state index is 0.245. The number of carbonyl (C=O) groups excluding carboxylic acids is 1. The second-order valence-electron chi connectivity index (χ2n) is 5.56.